The Balaban J connectivity index is 2.47. The lowest BCUT2D eigenvalue weighted by Crippen LogP contribution is -2.15. The first-order valence-electron chi connectivity index (χ1n) is 5.33. The monoisotopic (exact) mass is 358 g/mol. The van der Waals surface area contributed by atoms with Gasteiger partial charge in [-0.25, -0.2) is 9.37 Å². The van der Waals surface area contributed by atoms with Crippen LogP contribution in [0, 0.1) is 9.39 Å². The van der Waals surface area contributed by atoms with Gasteiger partial charge in [-0.3, -0.25) is 0 Å². The Bertz CT molecular complexity index is 562. The molecule has 0 amide bonds. The highest BCUT2D eigenvalue weighted by Crippen LogP contribution is 2.28. The van der Waals surface area contributed by atoms with Gasteiger partial charge < -0.3 is 10.5 Å². The average Bonchev–Trinajstić information content (AvgIpc) is 2.39. The van der Waals surface area contributed by atoms with Crippen LogP contribution >= 0.6 is 22.6 Å². The Hall–Kier alpha value is -1.21. The van der Waals surface area contributed by atoms with Crippen molar-refractivity contribution in [2.75, 3.05) is 7.11 Å². The molecule has 1 aromatic carbocycles. The number of rotatable bonds is 3. The summed E-state index contributed by atoms with van der Waals surface area (Å²) in [5.74, 6) is -0.541. The van der Waals surface area contributed by atoms with Crippen molar-refractivity contribution in [1.29, 1.82) is 0 Å². The highest BCUT2D eigenvalue weighted by atomic mass is 127. The molecule has 0 fully saturated rings. The first-order chi connectivity index (χ1) is 8.65. The molecule has 1 aromatic heterocycles. The second-order valence-corrected chi connectivity index (χ2v) is 4.88. The van der Waals surface area contributed by atoms with Gasteiger partial charge in [-0.1, -0.05) is 18.2 Å². The molecule has 0 aliphatic carbocycles. The molecule has 0 aliphatic heterocycles. The van der Waals surface area contributed by atoms with E-state index in [2.05, 4.69) is 27.6 Å². The lowest BCUT2D eigenvalue weighted by molar-refractivity contribution is 0.366. The zero-order valence-electron chi connectivity index (χ0n) is 9.73. The molecule has 5 heteroatoms. The molecular formula is C13H12FIN2O. The molecule has 0 bridgehead atoms. The number of aromatic nitrogens is 1. The predicted octanol–water partition coefficient (Wildman–Crippen LogP) is 2.88. The van der Waals surface area contributed by atoms with Gasteiger partial charge in [-0.15, -0.1) is 0 Å². The maximum absolute atomic E-state index is 14.1. The van der Waals surface area contributed by atoms with Crippen LogP contribution in [-0.2, 0) is 0 Å². The molecule has 1 unspecified atom stereocenters. The van der Waals surface area contributed by atoms with E-state index in [0.717, 1.165) is 9.13 Å². The lowest BCUT2D eigenvalue weighted by Gasteiger charge is -2.15. The number of benzene rings is 1. The van der Waals surface area contributed by atoms with Gasteiger partial charge in [0.25, 0.3) is 0 Å². The number of nitrogens with zero attached hydrogens (tertiary/aromatic N) is 1. The fourth-order valence-corrected chi connectivity index (χ4v) is 2.44. The number of methoxy groups -OCH3 is 1. The van der Waals surface area contributed by atoms with Crippen molar-refractivity contribution in [3.8, 4) is 5.88 Å². The Morgan fingerprint density at radius 1 is 1.28 bits per heavy atom. The number of ether oxygens (including phenoxy) is 1. The summed E-state index contributed by atoms with van der Waals surface area (Å²) in [7, 11) is 1.38. The molecule has 18 heavy (non-hydrogen) atoms. The van der Waals surface area contributed by atoms with Crippen LogP contribution in [0.5, 0.6) is 5.88 Å². The van der Waals surface area contributed by atoms with E-state index in [-0.39, 0.29) is 5.88 Å². The summed E-state index contributed by atoms with van der Waals surface area (Å²) in [6, 6.07) is 8.67. The van der Waals surface area contributed by atoms with Gasteiger partial charge in [0.05, 0.1) is 13.2 Å². The van der Waals surface area contributed by atoms with Crippen LogP contribution < -0.4 is 10.5 Å². The van der Waals surface area contributed by atoms with E-state index < -0.39 is 11.9 Å². The zero-order valence-corrected chi connectivity index (χ0v) is 11.9. The Morgan fingerprint density at radius 3 is 2.67 bits per heavy atom. The van der Waals surface area contributed by atoms with Crippen LogP contribution in [0.1, 0.15) is 17.2 Å². The molecule has 0 saturated carbocycles. The van der Waals surface area contributed by atoms with Crippen LogP contribution in [0.25, 0.3) is 0 Å². The second-order valence-electron chi connectivity index (χ2n) is 3.72. The molecule has 1 heterocycles. The second kappa shape index (κ2) is 5.62. The SMILES string of the molecule is COc1nccc(C(N)c2ccccc2I)c1F. The summed E-state index contributed by atoms with van der Waals surface area (Å²) in [6.45, 7) is 0. The topological polar surface area (TPSA) is 48.1 Å². The van der Waals surface area contributed by atoms with Gasteiger partial charge in [0.2, 0.25) is 5.88 Å². The summed E-state index contributed by atoms with van der Waals surface area (Å²) >= 11 is 2.18. The maximum atomic E-state index is 14.1. The largest absolute Gasteiger partial charge is 0.479 e. The molecule has 0 spiro atoms. The van der Waals surface area contributed by atoms with E-state index in [4.69, 9.17) is 10.5 Å². The van der Waals surface area contributed by atoms with Gasteiger partial charge in [-0.2, -0.15) is 0 Å². The number of pyridine rings is 1. The van der Waals surface area contributed by atoms with E-state index >= 15 is 0 Å². The molecule has 2 aromatic rings. The Morgan fingerprint density at radius 2 is 2.00 bits per heavy atom. The number of halogens is 2. The van der Waals surface area contributed by atoms with Crippen molar-refractivity contribution >= 4 is 22.6 Å². The number of nitrogens with two attached hydrogens (primary N) is 1. The van der Waals surface area contributed by atoms with Crippen molar-refractivity contribution in [3.05, 3.63) is 57.0 Å². The Kier molecular flexibility index (Phi) is 4.13. The van der Waals surface area contributed by atoms with Gasteiger partial charge in [0.15, 0.2) is 5.82 Å². The minimum atomic E-state index is -0.532. The number of hydrogen-bond donors (Lipinski definition) is 1. The third-order valence-corrected chi connectivity index (χ3v) is 3.64. The average molecular weight is 358 g/mol. The maximum Gasteiger partial charge on any atom is 0.250 e. The zero-order chi connectivity index (χ0) is 13.1. The normalized spacial score (nSPS) is 12.2. The van der Waals surface area contributed by atoms with Crippen LogP contribution in [-0.4, -0.2) is 12.1 Å². The highest BCUT2D eigenvalue weighted by Gasteiger charge is 2.19. The summed E-state index contributed by atoms with van der Waals surface area (Å²) in [5, 5.41) is 0. The van der Waals surface area contributed by atoms with Crippen LogP contribution in [0.4, 0.5) is 4.39 Å². The molecule has 0 aliphatic rings. The predicted molar refractivity (Wildman–Crippen MR) is 75.9 cm³/mol. The van der Waals surface area contributed by atoms with Gasteiger partial charge >= 0.3 is 0 Å². The molecule has 1 atom stereocenters. The number of hydrogen-bond acceptors (Lipinski definition) is 3. The third-order valence-electron chi connectivity index (χ3n) is 2.66. The first-order valence-corrected chi connectivity index (χ1v) is 6.41. The summed E-state index contributed by atoms with van der Waals surface area (Å²) in [6.07, 6.45) is 1.49. The van der Waals surface area contributed by atoms with E-state index in [0.29, 0.717) is 5.56 Å². The molecule has 3 nitrogen and oxygen atoms in total. The minimum absolute atomic E-state index is 0.0334. The van der Waals surface area contributed by atoms with Crippen LogP contribution in [0.15, 0.2) is 36.5 Å². The smallest absolute Gasteiger partial charge is 0.250 e. The quantitative estimate of drug-likeness (QED) is 0.859. The molecule has 0 radical (unpaired) electrons. The van der Waals surface area contributed by atoms with Crippen molar-refractivity contribution in [1.82, 2.24) is 4.98 Å². The van der Waals surface area contributed by atoms with Crippen molar-refractivity contribution < 1.29 is 9.13 Å². The fourth-order valence-electron chi connectivity index (χ4n) is 1.72. The van der Waals surface area contributed by atoms with E-state index in [9.17, 15) is 4.39 Å². The van der Waals surface area contributed by atoms with Crippen LogP contribution in [0.3, 0.4) is 0 Å². The minimum Gasteiger partial charge on any atom is -0.479 e. The van der Waals surface area contributed by atoms with Crippen molar-refractivity contribution in [3.63, 3.8) is 0 Å². The molecule has 2 N–H and O–H groups in total. The molecule has 94 valence electrons. The first kappa shape index (κ1) is 13.2. The summed E-state index contributed by atoms with van der Waals surface area (Å²) < 4.78 is 19.9. The highest BCUT2D eigenvalue weighted by molar-refractivity contribution is 14.1. The molecular weight excluding hydrogens is 346 g/mol. The Labute approximate surface area is 118 Å². The lowest BCUT2D eigenvalue weighted by atomic mass is 10.0. The van der Waals surface area contributed by atoms with Crippen molar-refractivity contribution in [2.24, 2.45) is 5.73 Å². The standard InChI is InChI=1S/C13H12FIN2O/c1-18-13-11(14)9(6-7-17-13)12(16)8-4-2-3-5-10(8)15/h2-7,12H,16H2,1H3. The third kappa shape index (κ3) is 2.46. The van der Waals surface area contributed by atoms with Gasteiger partial charge in [-0.05, 0) is 40.3 Å². The molecule has 2 rings (SSSR count). The van der Waals surface area contributed by atoms with E-state index in [1.54, 1.807) is 6.07 Å². The summed E-state index contributed by atoms with van der Waals surface area (Å²) in [5.41, 5.74) is 7.37. The van der Waals surface area contributed by atoms with Gasteiger partial charge in [0, 0.05) is 15.3 Å². The van der Waals surface area contributed by atoms with Gasteiger partial charge in [0.1, 0.15) is 0 Å². The van der Waals surface area contributed by atoms with E-state index in [1.807, 2.05) is 24.3 Å². The summed E-state index contributed by atoms with van der Waals surface area (Å²) in [4.78, 5) is 3.80. The van der Waals surface area contributed by atoms with E-state index in [1.165, 1.54) is 13.3 Å². The fraction of sp³-hybridized carbons (Fsp3) is 0.154. The van der Waals surface area contributed by atoms with Crippen LogP contribution in [0.2, 0.25) is 0 Å². The van der Waals surface area contributed by atoms with Crippen molar-refractivity contribution in [2.45, 2.75) is 6.04 Å². The molecule has 0 saturated heterocycles.